The van der Waals surface area contributed by atoms with Crippen LogP contribution in [0.25, 0.3) is 0 Å². The van der Waals surface area contributed by atoms with Gasteiger partial charge in [0.1, 0.15) is 18.2 Å². The van der Waals surface area contributed by atoms with E-state index in [4.69, 9.17) is 9.47 Å². The summed E-state index contributed by atoms with van der Waals surface area (Å²) < 4.78 is 13.9. The number of hydrogen-bond acceptors (Lipinski definition) is 5. The fraction of sp³-hybridized carbons (Fsp3) is 0.833. The first-order chi connectivity index (χ1) is 12.3. The molecule has 0 spiro atoms. The maximum absolute atomic E-state index is 12.0. The molecule has 2 aliphatic heterocycles. The number of fused-ring (bicyclic) bond motifs is 1. The van der Waals surface area contributed by atoms with E-state index in [0.717, 1.165) is 30.9 Å². The van der Waals surface area contributed by atoms with Crippen LogP contribution in [0.4, 0.5) is 0 Å². The van der Waals surface area contributed by atoms with Gasteiger partial charge in [-0.1, -0.05) is 30.9 Å². The third-order valence-corrected chi connectivity index (χ3v) is 6.17. The van der Waals surface area contributed by atoms with Crippen molar-refractivity contribution in [1.29, 1.82) is 0 Å². The molecule has 1 aromatic rings. The smallest absolute Gasteiger partial charge is 0.223 e. The highest BCUT2D eigenvalue weighted by atomic mass is 16.6. The summed E-state index contributed by atoms with van der Waals surface area (Å²) in [4.78, 5) is 12.0. The highest BCUT2D eigenvalue weighted by Crippen LogP contribution is 2.35. The number of ether oxygens (including phenoxy) is 2. The van der Waals surface area contributed by atoms with Crippen molar-refractivity contribution in [3.63, 3.8) is 0 Å². The summed E-state index contributed by atoms with van der Waals surface area (Å²) in [5.74, 6) is 1.13. The number of aromatic nitrogens is 3. The largest absolute Gasteiger partial charge is 0.371 e. The van der Waals surface area contributed by atoms with Crippen LogP contribution in [0, 0.1) is 11.8 Å². The summed E-state index contributed by atoms with van der Waals surface area (Å²) in [5.41, 5.74) is 1.08. The lowest BCUT2D eigenvalue weighted by atomic mass is 10.0. The third kappa shape index (κ3) is 3.08. The molecular weight excluding hydrogens is 320 g/mol. The molecule has 2 saturated heterocycles. The Morgan fingerprint density at radius 1 is 1.16 bits per heavy atom. The van der Waals surface area contributed by atoms with E-state index in [1.165, 1.54) is 25.7 Å². The van der Waals surface area contributed by atoms with Gasteiger partial charge in [0, 0.05) is 12.1 Å². The van der Waals surface area contributed by atoms with Gasteiger partial charge in [0.2, 0.25) is 5.91 Å². The van der Waals surface area contributed by atoms with E-state index in [9.17, 15) is 4.79 Å². The summed E-state index contributed by atoms with van der Waals surface area (Å²) >= 11 is 0. The van der Waals surface area contributed by atoms with Crippen molar-refractivity contribution in [3.8, 4) is 0 Å². The standard InChI is InChI=1S/C18H26N4O3/c23-18(12-5-6-12)19-14-9-24-17-15(10-25-16(14)17)22-8-13(20-21-22)7-11-3-1-2-4-11/h8,11-12,14-17H,1-7,9-10H2,(H,19,23)/t14-,15-,16+,17+/m0/s1. The number of rotatable bonds is 5. The average Bonchev–Trinajstić information content (AvgIpc) is 3.02. The van der Waals surface area contributed by atoms with Crippen LogP contribution in [0.15, 0.2) is 6.20 Å². The quantitative estimate of drug-likeness (QED) is 0.868. The van der Waals surface area contributed by atoms with Gasteiger partial charge in [-0.15, -0.1) is 5.10 Å². The van der Waals surface area contributed by atoms with Crippen molar-refractivity contribution in [2.45, 2.75) is 69.2 Å². The predicted molar refractivity (Wildman–Crippen MR) is 88.9 cm³/mol. The van der Waals surface area contributed by atoms with Crippen molar-refractivity contribution in [3.05, 3.63) is 11.9 Å². The Morgan fingerprint density at radius 2 is 1.96 bits per heavy atom. The van der Waals surface area contributed by atoms with E-state index in [1.807, 2.05) is 4.68 Å². The van der Waals surface area contributed by atoms with Gasteiger partial charge in [0.05, 0.1) is 24.9 Å². The molecule has 2 saturated carbocycles. The van der Waals surface area contributed by atoms with Crippen LogP contribution in [0.3, 0.4) is 0 Å². The molecule has 1 aromatic heterocycles. The van der Waals surface area contributed by atoms with E-state index < -0.39 is 0 Å². The first-order valence-corrected chi connectivity index (χ1v) is 9.72. The molecule has 0 bridgehead atoms. The van der Waals surface area contributed by atoms with Crippen molar-refractivity contribution < 1.29 is 14.3 Å². The number of nitrogens with one attached hydrogen (secondary N) is 1. The molecule has 1 N–H and O–H groups in total. The molecule has 1 amide bonds. The molecule has 5 rings (SSSR count). The Balaban J connectivity index is 1.22. The lowest BCUT2D eigenvalue weighted by molar-refractivity contribution is -0.123. The molecule has 0 aromatic carbocycles. The number of nitrogens with zero attached hydrogens (tertiary/aromatic N) is 3. The van der Waals surface area contributed by atoms with Gasteiger partial charge in [0.15, 0.2) is 0 Å². The molecule has 0 unspecified atom stereocenters. The lowest BCUT2D eigenvalue weighted by Gasteiger charge is -2.17. The Bertz CT molecular complexity index is 638. The molecule has 7 nitrogen and oxygen atoms in total. The molecule has 4 fully saturated rings. The Labute approximate surface area is 147 Å². The SMILES string of the molecule is O=C(N[C@H]1CO[C@H]2[C@@H]1OC[C@@H]2n1cc(CC2CCCC2)nn1)C1CC1. The molecule has 3 heterocycles. The number of hydrogen-bond donors (Lipinski definition) is 1. The van der Waals surface area contributed by atoms with Gasteiger partial charge in [-0.2, -0.15) is 0 Å². The molecule has 4 aliphatic rings. The normalized spacial score (nSPS) is 35.2. The van der Waals surface area contributed by atoms with Gasteiger partial charge < -0.3 is 14.8 Å². The molecule has 136 valence electrons. The molecular formula is C18H26N4O3. The van der Waals surface area contributed by atoms with E-state index in [2.05, 4.69) is 21.8 Å². The minimum atomic E-state index is -0.0739. The van der Waals surface area contributed by atoms with E-state index >= 15 is 0 Å². The van der Waals surface area contributed by atoms with Crippen molar-refractivity contribution in [2.75, 3.05) is 13.2 Å². The van der Waals surface area contributed by atoms with Crippen LogP contribution in [0.1, 0.15) is 50.3 Å². The van der Waals surface area contributed by atoms with E-state index in [1.54, 1.807) is 0 Å². The van der Waals surface area contributed by atoms with Crippen molar-refractivity contribution in [1.82, 2.24) is 20.3 Å². The zero-order valence-electron chi connectivity index (χ0n) is 14.5. The first-order valence-electron chi connectivity index (χ1n) is 9.72. The maximum Gasteiger partial charge on any atom is 0.223 e. The van der Waals surface area contributed by atoms with E-state index in [-0.39, 0.29) is 36.1 Å². The summed E-state index contributed by atoms with van der Waals surface area (Å²) in [6.07, 6.45) is 10.3. The fourth-order valence-electron chi connectivity index (χ4n) is 4.56. The second-order valence-corrected chi connectivity index (χ2v) is 8.10. The lowest BCUT2D eigenvalue weighted by Crippen LogP contribution is -2.44. The second kappa shape index (κ2) is 6.36. The number of carbonyl (C=O) groups excluding carboxylic acids is 1. The van der Waals surface area contributed by atoms with Gasteiger partial charge in [-0.3, -0.25) is 4.79 Å². The van der Waals surface area contributed by atoms with Crippen LogP contribution >= 0.6 is 0 Å². The average molecular weight is 346 g/mol. The highest BCUT2D eigenvalue weighted by Gasteiger charge is 2.50. The predicted octanol–water partition coefficient (Wildman–Crippen LogP) is 1.24. The number of carbonyl (C=O) groups is 1. The minimum absolute atomic E-state index is 0.0374. The molecule has 25 heavy (non-hydrogen) atoms. The minimum Gasteiger partial charge on any atom is -0.371 e. The van der Waals surface area contributed by atoms with Crippen LogP contribution in [-0.2, 0) is 20.7 Å². The Hall–Kier alpha value is -1.47. The topological polar surface area (TPSA) is 78.3 Å². The second-order valence-electron chi connectivity index (χ2n) is 8.10. The molecule has 7 heteroatoms. The van der Waals surface area contributed by atoms with Crippen LogP contribution in [-0.4, -0.2) is 52.4 Å². The van der Waals surface area contributed by atoms with E-state index in [0.29, 0.717) is 13.2 Å². The molecule has 4 atom stereocenters. The van der Waals surface area contributed by atoms with Crippen molar-refractivity contribution in [2.24, 2.45) is 11.8 Å². The summed E-state index contributed by atoms with van der Waals surface area (Å²) in [7, 11) is 0. The zero-order chi connectivity index (χ0) is 16.8. The molecule has 0 radical (unpaired) electrons. The maximum atomic E-state index is 12.0. The Kier molecular flexibility index (Phi) is 4.01. The van der Waals surface area contributed by atoms with Crippen LogP contribution in [0.5, 0.6) is 0 Å². The van der Waals surface area contributed by atoms with Gasteiger partial charge in [-0.05, 0) is 25.2 Å². The van der Waals surface area contributed by atoms with Crippen LogP contribution < -0.4 is 5.32 Å². The van der Waals surface area contributed by atoms with Gasteiger partial charge in [-0.25, -0.2) is 4.68 Å². The zero-order valence-corrected chi connectivity index (χ0v) is 14.5. The third-order valence-electron chi connectivity index (χ3n) is 6.17. The fourth-order valence-corrected chi connectivity index (χ4v) is 4.56. The highest BCUT2D eigenvalue weighted by molar-refractivity contribution is 5.81. The molecule has 2 aliphatic carbocycles. The monoisotopic (exact) mass is 346 g/mol. The first kappa shape index (κ1) is 15.8. The summed E-state index contributed by atoms with van der Waals surface area (Å²) in [6.45, 7) is 1.09. The van der Waals surface area contributed by atoms with Crippen molar-refractivity contribution >= 4 is 5.91 Å². The Morgan fingerprint density at radius 3 is 2.76 bits per heavy atom. The summed E-state index contributed by atoms with van der Waals surface area (Å²) in [6, 6.07) is 0.0160. The number of amides is 1. The van der Waals surface area contributed by atoms with Gasteiger partial charge in [0.25, 0.3) is 0 Å². The van der Waals surface area contributed by atoms with Crippen LogP contribution in [0.2, 0.25) is 0 Å². The summed E-state index contributed by atoms with van der Waals surface area (Å²) in [5, 5.41) is 11.8. The van der Waals surface area contributed by atoms with Gasteiger partial charge >= 0.3 is 0 Å².